The summed E-state index contributed by atoms with van der Waals surface area (Å²) in [5.74, 6) is -2.18. The molecule has 1 N–H and O–H groups in total. The van der Waals surface area contributed by atoms with Crippen molar-refractivity contribution in [2.24, 2.45) is 0 Å². The van der Waals surface area contributed by atoms with Crippen LogP contribution in [-0.2, 0) is 4.74 Å². The van der Waals surface area contributed by atoms with Crippen molar-refractivity contribution in [3.05, 3.63) is 45.6 Å². The van der Waals surface area contributed by atoms with Gasteiger partial charge in [-0.1, -0.05) is 12.1 Å². The highest BCUT2D eigenvalue weighted by Gasteiger charge is 2.28. The molecule has 8 heteroatoms. The summed E-state index contributed by atoms with van der Waals surface area (Å²) in [6, 6.07) is 3.77. The van der Waals surface area contributed by atoms with Gasteiger partial charge in [-0.2, -0.15) is 0 Å². The lowest BCUT2D eigenvalue weighted by molar-refractivity contribution is 0.0534. The van der Waals surface area contributed by atoms with Gasteiger partial charge < -0.3 is 9.84 Å². The molecule has 0 radical (unpaired) electrons. The van der Waals surface area contributed by atoms with Crippen LogP contribution < -0.4 is 10.6 Å². The smallest absolute Gasteiger partial charge is 0.429 e. The average molecular weight is 364 g/mol. The van der Waals surface area contributed by atoms with E-state index in [1.165, 1.54) is 19.1 Å². The summed E-state index contributed by atoms with van der Waals surface area (Å²) < 4.78 is 20.4. The third-order valence-corrected chi connectivity index (χ3v) is 3.73. The zero-order valence-corrected chi connectivity index (χ0v) is 15.3. The quantitative estimate of drug-likeness (QED) is 0.904. The van der Waals surface area contributed by atoms with Crippen molar-refractivity contribution >= 4 is 22.8 Å². The van der Waals surface area contributed by atoms with Gasteiger partial charge in [0.2, 0.25) is 0 Å². The molecular formula is C18H21FN2O5. The maximum Gasteiger partial charge on any atom is 0.429 e. The summed E-state index contributed by atoms with van der Waals surface area (Å²) in [6.45, 7) is 8.00. The second-order valence-electron chi connectivity index (χ2n) is 6.74. The molecule has 140 valence electrons. The molecule has 0 bridgehead atoms. The third kappa shape index (κ3) is 3.40. The Hall–Kier alpha value is -2.90. The summed E-state index contributed by atoms with van der Waals surface area (Å²) in [5, 5.41) is 10.1. The van der Waals surface area contributed by atoms with Gasteiger partial charge in [-0.3, -0.25) is 4.79 Å². The number of hydrogen-bond donors (Lipinski definition) is 1. The summed E-state index contributed by atoms with van der Waals surface area (Å²) in [7, 11) is 0. The first kappa shape index (κ1) is 19.4. The van der Waals surface area contributed by atoms with E-state index in [4.69, 9.17) is 4.74 Å². The molecule has 0 aliphatic rings. The van der Waals surface area contributed by atoms with Crippen LogP contribution in [0.3, 0.4) is 0 Å². The minimum atomic E-state index is -1.33. The van der Waals surface area contributed by atoms with Crippen molar-refractivity contribution in [3.8, 4) is 0 Å². The number of pyridine rings is 1. The van der Waals surface area contributed by atoms with Gasteiger partial charge in [-0.25, -0.2) is 23.7 Å². The fourth-order valence-corrected chi connectivity index (χ4v) is 2.74. The molecule has 1 aromatic heterocycles. The monoisotopic (exact) mass is 364 g/mol. The van der Waals surface area contributed by atoms with Gasteiger partial charge in [0, 0.05) is 11.9 Å². The Bertz CT molecular complexity index is 943. The van der Waals surface area contributed by atoms with Crippen LogP contribution in [0.2, 0.25) is 0 Å². The molecule has 0 saturated carbocycles. The first-order valence-electron chi connectivity index (χ1n) is 8.07. The number of aromatic nitrogens is 1. The van der Waals surface area contributed by atoms with Crippen molar-refractivity contribution in [2.75, 3.05) is 11.6 Å². The van der Waals surface area contributed by atoms with Crippen molar-refractivity contribution in [3.63, 3.8) is 0 Å². The minimum Gasteiger partial charge on any atom is -0.478 e. The van der Waals surface area contributed by atoms with Crippen molar-refractivity contribution < 1.29 is 23.8 Å². The molecule has 2 rings (SSSR count). The van der Waals surface area contributed by atoms with Crippen molar-refractivity contribution in [2.45, 2.75) is 40.2 Å². The summed E-state index contributed by atoms with van der Waals surface area (Å²) in [4.78, 5) is 37.1. The van der Waals surface area contributed by atoms with Crippen LogP contribution in [0.4, 0.5) is 9.18 Å². The molecule has 0 spiro atoms. The van der Waals surface area contributed by atoms with Crippen LogP contribution in [0.5, 0.6) is 0 Å². The number of carbonyl (C=O) groups excluding carboxylic acids is 1. The van der Waals surface area contributed by atoms with Gasteiger partial charge in [0.1, 0.15) is 11.4 Å². The number of hydrogen-bond acceptors (Lipinski definition) is 4. The normalized spacial score (nSPS) is 11.5. The fraction of sp³-hybridized carbons (Fsp3) is 0.389. The number of aromatic carboxylic acids is 1. The first-order chi connectivity index (χ1) is 12.0. The van der Waals surface area contributed by atoms with Gasteiger partial charge >= 0.3 is 12.1 Å². The molecule has 0 aliphatic carbocycles. The van der Waals surface area contributed by atoms with Crippen LogP contribution >= 0.6 is 0 Å². The largest absolute Gasteiger partial charge is 0.478 e. The van der Waals surface area contributed by atoms with E-state index in [1.807, 2.05) is 0 Å². The summed E-state index contributed by atoms with van der Waals surface area (Å²) >= 11 is 0. The number of benzene rings is 1. The molecule has 0 atom stereocenters. The van der Waals surface area contributed by atoms with E-state index in [1.54, 1.807) is 27.7 Å². The molecule has 2 aromatic rings. The van der Waals surface area contributed by atoms with E-state index in [9.17, 15) is 23.9 Å². The standard InChI is InChI=1S/C18H21FN2O5/c1-6-20(17(25)26-18(3,4)5)21-10(2)13(16(23)24)11-8-7-9-12(19)14(11)15(21)22/h7-9H,6H2,1-5H3,(H,23,24). The van der Waals surface area contributed by atoms with Crippen LogP contribution in [0.25, 0.3) is 10.8 Å². The minimum absolute atomic E-state index is 0.00769. The van der Waals surface area contributed by atoms with Crippen LogP contribution in [0.15, 0.2) is 23.0 Å². The Morgan fingerprint density at radius 1 is 1.31 bits per heavy atom. The maximum atomic E-state index is 14.3. The lowest BCUT2D eigenvalue weighted by atomic mass is 10.0. The number of carbonyl (C=O) groups is 2. The molecular weight excluding hydrogens is 343 g/mol. The van der Waals surface area contributed by atoms with Crippen LogP contribution in [-0.4, -0.2) is 34.0 Å². The number of rotatable bonds is 3. The summed E-state index contributed by atoms with van der Waals surface area (Å²) in [5.41, 5.74) is -1.89. The van der Waals surface area contributed by atoms with E-state index in [0.29, 0.717) is 0 Å². The predicted molar refractivity (Wildman–Crippen MR) is 94.9 cm³/mol. The van der Waals surface area contributed by atoms with Gasteiger partial charge in [0.25, 0.3) is 5.56 Å². The van der Waals surface area contributed by atoms with E-state index >= 15 is 0 Å². The highest BCUT2D eigenvalue weighted by atomic mass is 19.1. The van der Waals surface area contributed by atoms with E-state index in [0.717, 1.165) is 15.8 Å². The number of fused-ring (bicyclic) bond motifs is 1. The van der Waals surface area contributed by atoms with Crippen LogP contribution in [0, 0.1) is 12.7 Å². The zero-order chi connectivity index (χ0) is 19.8. The van der Waals surface area contributed by atoms with Gasteiger partial charge in [0.05, 0.1) is 16.6 Å². The number of carboxylic acid groups (broad SMARTS) is 1. The van der Waals surface area contributed by atoms with E-state index in [2.05, 4.69) is 0 Å². The number of nitrogens with zero attached hydrogens (tertiary/aromatic N) is 2. The molecule has 7 nitrogen and oxygen atoms in total. The number of halogens is 1. The van der Waals surface area contributed by atoms with Crippen molar-refractivity contribution in [1.29, 1.82) is 0 Å². The third-order valence-electron chi connectivity index (χ3n) is 3.73. The van der Waals surface area contributed by atoms with Crippen molar-refractivity contribution in [1.82, 2.24) is 4.68 Å². The van der Waals surface area contributed by atoms with Gasteiger partial charge in [0.15, 0.2) is 0 Å². The van der Waals surface area contributed by atoms with Gasteiger partial charge in [-0.15, -0.1) is 0 Å². The maximum absolute atomic E-state index is 14.3. The average Bonchev–Trinajstić information content (AvgIpc) is 2.48. The Morgan fingerprint density at radius 2 is 1.92 bits per heavy atom. The number of carboxylic acids is 1. The topological polar surface area (TPSA) is 88.8 Å². The van der Waals surface area contributed by atoms with Gasteiger partial charge in [-0.05, 0) is 40.7 Å². The molecule has 1 amide bonds. The molecule has 1 heterocycles. The Morgan fingerprint density at radius 3 is 2.42 bits per heavy atom. The molecule has 0 aliphatic heterocycles. The second-order valence-corrected chi connectivity index (χ2v) is 6.74. The Kier molecular flexibility index (Phi) is 5.06. The number of ether oxygens (including phenoxy) is 1. The number of amides is 1. The SMILES string of the molecule is CCN(C(=O)OC(C)(C)C)n1c(C)c(C(=O)O)c2cccc(F)c2c1=O. The lowest BCUT2D eigenvalue weighted by Gasteiger charge is -2.29. The first-order valence-corrected chi connectivity index (χ1v) is 8.07. The fourth-order valence-electron chi connectivity index (χ4n) is 2.74. The Labute approximate surface area is 149 Å². The predicted octanol–water partition coefficient (Wildman–Crippen LogP) is 3.04. The van der Waals surface area contributed by atoms with E-state index in [-0.39, 0.29) is 23.2 Å². The summed E-state index contributed by atoms with van der Waals surface area (Å²) in [6.07, 6.45) is -0.836. The second kappa shape index (κ2) is 6.78. The molecule has 0 unspecified atom stereocenters. The molecule has 0 saturated heterocycles. The Balaban J connectivity index is 2.86. The highest BCUT2D eigenvalue weighted by molar-refractivity contribution is 6.04. The molecule has 26 heavy (non-hydrogen) atoms. The highest BCUT2D eigenvalue weighted by Crippen LogP contribution is 2.22. The zero-order valence-electron chi connectivity index (χ0n) is 15.3. The lowest BCUT2D eigenvalue weighted by Crippen LogP contribution is -2.50. The van der Waals surface area contributed by atoms with Crippen LogP contribution in [0.1, 0.15) is 43.7 Å². The van der Waals surface area contributed by atoms with E-state index < -0.39 is 34.4 Å². The molecule has 1 aromatic carbocycles. The molecule has 0 fully saturated rings.